The Morgan fingerprint density at radius 2 is 1.00 bits per heavy atom. The van der Waals surface area contributed by atoms with Gasteiger partial charge in [0.1, 0.15) is 0 Å². The Morgan fingerprint density at radius 1 is 1.00 bits per heavy atom. The molecular formula is C4H12N3Sn-. The van der Waals surface area contributed by atoms with Crippen molar-refractivity contribution >= 4 is 18.4 Å². The molecular weight excluding hydrogens is 209 g/mol. The molecule has 0 atom stereocenters. The van der Waals surface area contributed by atoms with E-state index in [1.807, 2.05) is 0 Å². The Morgan fingerprint density at radius 3 is 1.00 bits per heavy atom. The van der Waals surface area contributed by atoms with Crippen LogP contribution in [-0.2, 0) is 0 Å². The van der Waals surface area contributed by atoms with Gasteiger partial charge in [-0.05, 0) is 0 Å². The summed E-state index contributed by atoms with van der Waals surface area (Å²) in [7, 11) is 0. The summed E-state index contributed by atoms with van der Waals surface area (Å²) in [5.74, 6) is 0. The SMILES string of the molecule is [CH3][Sn]([CH3])([CH3])[CH3].[N-]=[N+]=[N-]. The van der Waals surface area contributed by atoms with Gasteiger partial charge in [-0.3, -0.25) is 4.91 Å². The van der Waals surface area contributed by atoms with E-state index in [-0.39, 0.29) is 0 Å². The van der Waals surface area contributed by atoms with Gasteiger partial charge in [0.05, 0.1) is 0 Å². The quantitative estimate of drug-likeness (QED) is 0.261. The zero-order valence-electron chi connectivity index (χ0n) is 5.84. The standard InChI is InChI=1S/4CH3.N3.Sn/c;;;;1-3-2;/h4*1H3;;/q;;;;-1;. The second kappa shape index (κ2) is 5.25. The van der Waals surface area contributed by atoms with Gasteiger partial charge >= 0.3 is 38.1 Å². The molecule has 0 aliphatic rings. The van der Waals surface area contributed by atoms with Gasteiger partial charge < -0.3 is 11.1 Å². The fourth-order valence-electron chi connectivity index (χ4n) is 0. The zero-order chi connectivity index (χ0) is 7.21. The van der Waals surface area contributed by atoms with E-state index in [0.29, 0.717) is 0 Å². The number of nitrogens with zero attached hydrogens (tertiary/aromatic N) is 3. The average Bonchev–Trinajstić information content (AvgIpc) is 1.27. The molecule has 0 rings (SSSR count). The van der Waals surface area contributed by atoms with Crippen molar-refractivity contribution in [1.29, 1.82) is 0 Å². The van der Waals surface area contributed by atoms with Crippen molar-refractivity contribution in [2.75, 3.05) is 0 Å². The van der Waals surface area contributed by atoms with Crippen LogP contribution in [0.2, 0.25) is 19.8 Å². The second-order valence-electron chi connectivity index (χ2n) is 3.09. The van der Waals surface area contributed by atoms with Gasteiger partial charge in [-0.2, -0.15) is 0 Å². The molecule has 8 heavy (non-hydrogen) atoms. The molecule has 0 N–H and O–H groups in total. The van der Waals surface area contributed by atoms with Crippen LogP contribution in [0.5, 0.6) is 0 Å². The molecule has 48 valence electrons. The zero-order valence-corrected chi connectivity index (χ0v) is 8.70. The van der Waals surface area contributed by atoms with Crippen molar-refractivity contribution in [1.82, 2.24) is 0 Å². The number of hydrogen-bond acceptors (Lipinski definition) is 0. The van der Waals surface area contributed by atoms with Crippen molar-refractivity contribution in [2.45, 2.75) is 19.8 Å². The maximum absolute atomic E-state index is 6.75. The molecule has 4 heteroatoms. The van der Waals surface area contributed by atoms with Crippen molar-refractivity contribution in [3.05, 3.63) is 16.0 Å². The van der Waals surface area contributed by atoms with E-state index >= 15 is 0 Å². The Labute approximate surface area is 54.4 Å². The maximum Gasteiger partial charge on any atom is -0.255 e. The minimum atomic E-state index is -1.18. The minimum absolute atomic E-state index is 1.18. The normalized spacial score (nSPS) is 8.50. The molecule has 0 aliphatic carbocycles. The van der Waals surface area contributed by atoms with Crippen LogP contribution in [-0.4, -0.2) is 18.4 Å². The molecule has 0 saturated carbocycles. The predicted octanol–water partition coefficient (Wildman–Crippen LogP) is 2.82. The molecule has 0 aliphatic heterocycles. The van der Waals surface area contributed by atoms with Gasteiger partial charge in [0.15, 0.2) is 0 Å². The third kappa shape index (κ3) is 13500. The van der Waals surface area contributed by atoms with Crippen molar-refractivity contribution in [3.63, 3.8) is 0 Å². The Kier molecular flexibility index (Phi) is 7.21. The average molecular weight is 221 g/mol. The summed E-state index contributed by atoms with van der Waals surface area (Å²) >= 11 is -1.18. The third-order valence-corrected chi connectivity index (χ3v) is 0. The van der Waals surface area contributed by atoms with Crippen molar-refractivity contribution in [2.24, 2.45) is 0 Å². The van der Waals surface area contributed by atoms with Gasteiger partial charge in [-0.25, -0.2) is 0 Å². The Bertz CT molecular complexity index is 71.8. The van der Waals surface area contributed by atoms with Crippen molar-refractivity contribution in [3.8, 4) is 0 Å². The van der Waals surface area contributed by atoms with E-state index in [4.69, 9.17) is 11.1 Å². The molecule has 0 saturated heterocycles. The molecule has 0 heterocycles. The summed E-state index contributed by atoms with van der Waals surface area (Å²) in [6, 6.07) is 0. The van der Waals surface area contributed by atoms with E-state index in [9.17, 15) is 0 Å². The first-order valence-electron chi connectivity index (χ1n) is 2.40. The van der Waals surface area contributed by atoms with Crippen LogP contribution in [0.15, 0.2) is 0 Å². The summed E-state index contributed by atoms with van der Waals surface area (Å²) in [5, 5.41) is 0. The van der Waals surface area contributed by atoms with Crippen LogP contribution >= 0.6 is 0 Å². The first-order valence-corrected chi connectivity index (χ1v) is 13.8. The maximum atomic E-state index is 6.75. The van der Waals surface area contributed by atoms with Gasteiger partial charge in [0.25, 0.3) is 0 Å². The van der Waals surface area contributed by atoms with Gasteiger partial charge in [0, 0.05) is 0 Å². The molecule has 0 spiro atoms. The molecule has 3 nitrogen and oxygen atoms in total. The van der Waals surface area contributed by atoms with E-state index < -0.39 is 18.4 Å². The fraction of sp³-hybridized carbons (Fsp3) is 1.00. The fourth-order valence-corrected chi connectivity index (χ4v) is 0. The molecule has 0 bridgehead atoms. The Hall–Kier alpha value is 0.109. The van der Waals surface area contributed by atoms with Crippen LogP contribution < -0.4 is 0 Å². The summed E-state index contributed by atoms with van der Waals surface area (Å²) in [4.78, 5) is 11.1. The summed E-state index contributed by atoms with van der Waals surface area (Å²) in [5.41, 5.74) is 13.5. The van der Waals surface area contributed by atoms with Crippen LogP contribution in [0.3, 0.4) is 0 Å². The van der Waals surface area contributed by atoms with E-state index in [1.165, 1.54) is 4.91 Å². The van der Waals surface area contributed by atoms with Gasteiger partial charge in [-0.15, -0.1) is 0 Å². The van der Waals surface area contributed by atoms with E-state index in [0.717, 1.165) is 0 Å². The van der Waals surface area contributed by atoms with Crippen LogP contribution in [0.1, 0.15) is 0 Å². The molecule has 0 aromatic carbocycles. The molecule has 0 unspecified atom stereocenters. The molecule has 0 aromatic rings. The smallest absolute Gasteiger partial charge is 0.255 e. The predicted molar refractivity (Wildman–Crippen MR) is 39.3 cm³/mol. The van der Waals surface area contributed by atoms with Crippen LogP contribution in [0.4, 0.5) is 0 Å². The first-order chi connectivity index (χ1) is 3.41. The van der Waals surface area contributed by atoms with Gasteiger partial charge in [0.2, 0.25) is 0 Å². The molecule has 0 fully saturated rings. The molecule has 0 radical (unpaired) electrons. The monoisotopic (exact) mass is 222 g/mol. The number of rotatable bonds is 0. The van der Waals surface area contributed by atoms with Gasteiger partial charge in [-0.1, -0.05) is 0 Å². The number of hydrogen-bond donors (Lipinski definition) is 0. The molecule has 0 amide bonds. The topological polar surface area (TPSA) is 58.7 Å². The second-order valence-corrected chi connectivity index (χ2v) is 20.2. The Balaban J connectivity index is 0. The largest absolute Gasteiger partial charge is 0.373 e. The summed E-state index contributed by atoms with van der Waals surface area (Å²) in [6.07, 6.45) is 0. The molecule has 0 aromatic heterocycles. The summed E-state index contributed by atoms with van der Waals surface area (Å²) < 4.78 is 0. The van der Waals surface area contributed by atoms with E-state index in [2.05, 4.69) is 19.8 Å². The van der Waals surface area contributed by atoms with Crippen LogP contribution in [0.25, 0.3) is 16.0 Å². The third-order valence-electron chi connectivity index (χ3n) is 0. The van der Waals surface area contributed by atoms with Crippen molar-refractivity contribution < 1.29 is 0 Å². The first kappa shape index (κ1) is 11.0. The van der Waals surface area contributed by atoms with E-state index in [1.54, 1.807) is 0 Å². The minimum Gasteiger partial charge on any atom is -0.373 e. The van der Waals surface area contributed by atoms with Crippen LogP contribution in [0, 0.1) is 0 Å². The summed E-state index contributed by atoms with van der Waals surface area (Å²) in [6.45, 7) is 0.